The highest BCUT2D eigenvalue weighted by Gasteiger charge is 2.16. The van der Waals surface area contributed by atoms with Crippen LogP contribution in [0.1, 0.15) is 0 Å². The third kappa shape index (κ3) is 4.55. The number of anilines is 1. The number of pyridine rings is 2. The fourth-order valence-corrected chi connectivity index (χ4v) is 4.56. The molecule has 0 saturated carbocycles. The average molecular weight is 508 g/mol. The van der Waals surface area contributed by atoms with Crippen LogP contribution in [0.3, 0.4) is 0 Å². The number of halogens is 1. The third-order valence-electron chi connectivity index (χ3n) is 6.41. The summed E-state index contributed by atoms with van der Waals surface area (Å²) in [6.45, 7) is 1.22. The van der Waals surface area contributed by atoms with Gasteiger partial charge in [-0.1, -0.05) is 12.1 Å². The van der Waals surface area contributed by atoms with Crippen LogP contribution in [0.15, 0.2) is 73.2 Å². The van der Waals surface area contributed by atoms with Crippen molar-refractivity contribution in [2.24, 2.45) is 0 Å². The SMILES string of the molecule is CN(C)CCOc1cc(F)cc(-c2cccc3[nH]c(-c4n[nH]c5cnc(-c6cncc(N)c6)cc45)cc23)c1. The molecule has 0 spiro atoms. The van der Waals surface area contributed by atoms with E-state index in [1.807, 2.05) is 61.5 Å². The molecule has 0 fully saturated rings. The van der Waals surface area contributed by atoms with Gasteiger partial charge in [0, 0.05) is 46.9 Å². The van der Waals surface area contributed by atoms with Crippen molar-refractivity contribution < 1.29 is 9.13 Å². The Labute approximate surface area is 218 Å². The fourth-order valence-electron chi connectivity index (χ4n) is 4.56. The molecular weight excluding hydrogens is 481 g/mol. The number of H-pyrrole nitrogens is 2. The Bertz CT molecular complexity index is 1770. The number of nitrogen functional groups attached to an aromatic ring is 1. The van der Waals surface area contributed by atoms with Crippen molar-refractivity contribution in [1.82, 2.24) is 30.0 Å². The molecule has 6 aromatic rings. The highest BCUT2D eigenvalue weighted by molar-refractivity contribution is 6.01. The number of nitrogens with one attached hydrogen (secondary N) is 2. The summed E-state index contributed by atoms with van der Waals surface area (Å²) in [6, 6.07) is 16.6. The molecule has 0 bridgehead atoms. The minimum atomic E-state index is -0.343. The maximum Gasteiger partial charge on any atom is 0.127 e. The second-order valence-corrected chi connectivity index (χ2v) is 9.47. The molecule has 0 unspecified atom stereocenters. The smallest absolute Gasteiger partial charge is 0.127 e. The van der Waals surface area contributed by atoms with Crippen LogP contribution < -0.4 is 10.5 Å². The van der Waals surface area contributed by atoms with Crippen LogP contribution in [-0.2, 0) is 0 Å². The molecule has 4 aromatic heterocycles. The monoisotopic (exact) mass is 507 g/mol. The second-order valence-electron chi connectivity index (χ2n) is 9.47. The lowest BCUT2D eigenvalue weighted by molar-refractivity contribution is 0.260. The minimum absolute atomic E-state index is 0.343. The van der Waals surface area contributed by atoms with Gasteiger partial charge in [0.2, 0.25) is 0 Å². The first kappa shape index (κ1) is 23.6. The van der Waals surface area contributed by atoms with Crippen LogP contribution >= 0.6 is 0 Å². The van der Waals surface area contributed by atoms with Crippen molar-refractivity contribution in [1.29, 1.82) is 0 Å². The average Bonchev–Trinajstić information content (AvgIpc) is 3.51. The second kappa shape index (κ2) is 9.60. The zero-order valence-electron chi connectivity index (χ0n) is 21.0. The van der Waals surface area contributed by atoms with Gasteiger partial charge in [0.1, 0.15) is 23.9 Å². The van der Waals surface area contributed by atoms with E-state index < -0.39 is 0 Å². The molecule has 2 aromatic carbocycles. The Morgan fingerprint density at radius 2 is 1.84 bits per heavy atom. The highest BCUT2D eigenvalue weighted by atomic mass is 19.1. The summed E-state index contributed by atoms with van der Waals surface area (Å²) in [5.41, 5.74) is 13.0. The quantitative estimate of drug-likeness (QED) is 0.263. The van der Waals surface area contributed by atoms with Crippen LogP contribution in [0.4, 0.5) is 10.1 Å². The van der Waals surface area contributed by atoms with Crippen molar-refractivity contribution in [3.05, 3.63) is 79.0 Å². The predicted molar refractivity (Wildman–Crippen MR) is 148 cm³/mol. The number of ether oxygens (including phenoxy) is 1. The van der Waals surface area contributed by atoms with Crippen molar-refractivity contribution >= 4 is 27.5 Å². The van der Waals surface area contributed by atoms with Gasteiger partial charge in [-0.05, 0) is 61.6 Å². The molecule has 0 saturated heterocycles. The number of nitrogens with zero attached hydrogens (tertiary/aromatic N) is 4. The van der Waals surface area contributed by atoms with E-state index in [0.29, 0.717) is 18.0 Å². The Morgan fingerprint density at radius 3 is 2.68 bits per heavy atom. The van der Waals surface area contributed by atoms with Crippen LogP contribution in [0.25, 0.3) is 55.6 Å². The number of hydrogen-bond donors (Lipinski definition) is 3. The first-order valence-corrected chi connectivity index (χ1v) is 12.2. The number of aromatic nitrogens is 5. The van der Waals surface area contributed by atoms with E-state index in [-0.39, 0.29) is 5.82 Å². The van der Waals surface area contributed by atoms with Gasteiger partial charge < -0.3 is 20.4 Å². The van der Waals surface area contributed by atoms with E-state index in [4.69, 9.17) is 10.5 Å². The van der Waals surface area contributed by atoms with E-state index in [1.165, 1.54) is 12.1 Å². The number of likely N-dealkylation sites (N-methyl/N-ethyl adjacent to an activating group) is 1. The van der Waals surface area contributed by atoms with Gasteiger partial charge in [0.25, 0.3) is 0 Å². The number of nitrogens with two attached hydrogens (primary N) is 1. The molecule has 0 aliphatic heterocycles. The molecule has 38 heavy (non-hydrogen) atoms. The fraction of sp³-hybridized carbons (Fsp3) is 0.138. The van der Waals surface area contributed by atoms with E-state index in [0.717, 1.165) is 62.1 Å². The van der Waals surface area contributed by atoms with Crippen molar-refractivity contribution in [2.45, 2.75) is 0 Å². The largest absolute Gasteiger partial charge is 0.492 e. The van der Waals surface area contributed by atoms with E-state index in [1.54, 1.807) is 18.6 Å². The molecule has 0 radical (unpaired) electrons. The Kier molecular flexibility index (Phi) is 5.97. The van der Waals surface area contributed by atoms with Gasteiger partial charge in [0.05, 0.1) is 28.8 Å². The van der Waals surface area contributed by atoms with Gasteiger partial charge in [-0.3, -0.25) is 15.1 Å². The summed E-state index contributed by atoms with van der Waals surface area (Å²) >= 11 is 0. The van der Waals surface area contributed by atoms with Crippen molar-refractivity contribution in [2.75, 3.05) is 33.0 Å². The third-order valence-corrected chi connectivity index (χ3v) is 6.41. The standard InChI is InChI=1S/C29H26FN7O/c1-37(2)6-7-38-21-10-17(8-19(30)11-21)22-4-3-5-25-23(22)12-27(34-25)29-24-13-26(33-16-28(24)35-36-29)18-9-20(31)15-32-14-18/h3-5,8-16,34H,6-7,31H2,1-2H3,(H,35,36). The Morgan fingerprint density at radius 1 is 0.947 bits per heavy atom. The molecule has 6 rings (SSSR count). The predicted octanol–water partition coefficient (Wildman–Crippen LogP) is 5.50. The Hall–Kier alpha value is -4.76. The maximum atomic E-state index is 14.6. The molecule has 0 aliphatic rings. The van der Waals surface area contributed by atoms with Gasteiger partial charge in [0.15, 0.2) is 0 Å². The zero-order valence-corrected chi connectivity index (χ0v) is 21.0. The molecule has 190 valence electrons. The van der Waals surface area contributed by atoms with E-state index >= 15 is 0 Å². The Balaban J connectivity index is 1.40. The number of fused-ring (bicyclic) bond motifs is 2. The molecule has 9 heteroatoms. The zero-order chi connectivity index (χ0) is 26.2. The van der Waals surface area contributed by atoms with Gasteiger partial charge in [-0.15, -0.1) is 0 Å². The summed E-state index contributed by atoms with van der Waals surface area (Å²) in [4.78, 5) is 14.2. The molecule has 4 N–H and O–H groups in total. The molecule has 0 aliphatic carbocycles. The number of aromatic amines is 2. The minimum Gasteiger partial charge on any atom is -0.492 e. The van der Waals surface area contributed by atoms with Crippen LogP contribution in [0.5, 0.6) is 5.75 Å². The molecule has 8 nitrogen and oxygen atoms in total. The number of benzene rings is 2. The van der Waals surface area contributed by atoms with Gasteiger partial charge in [-0.2, -0.15) is 5.10 Å². The highest BCUT2D eigenvalue weighted by Crippen LogP contribution is 2.36. The summed E-state index contributed by atoms with van der Waals surface area (Å²) in [6.07, 6.45) is 5.09. The van der Waals surface area contributed by atoms with E-state index in [2.05, 4.69) is 25.1 Å². The van der Waals surface area contributed by atoms with Gasteiger partial charge in [-0.25, -0.2) is 4.39 Å². The van der Waals surface area contributed by atoms with Crippen molar-refractivity contribution in [3.8, 4) is 39.5 Å². The maximum absolute atomic E-state index is 14.6. The van der Waals surface area contributed by atoms with E-state index in [9.17, 15) is 4.39 Å². The lowest BCUT2D eigenvalue weighted by Gasteiger charge is -2.12. The molecule has 0 atom stereocenters. The lowest BCUT2D eigenvalue weighted by atomic mass is 10.0. The molecule has 4 heterocycles. The summed E-state index contributed by atoms with van der Waals surface area (Å²) in [7, 11) is 3.94. The first-order chi connectivity index (χ1) is 18.4. The van der Waals surface area contributed by atoms with Crippen LogP contribution in [-0.4, -0.2) is 57.3 Å². The van der Waals surface area contributed by atoms with Crippen molar-refractivity contribution in [3.63, 3.8) is 0 Å². The van der Waals surface area contributed by atoms with Gasteiger partial charge >= 0.3 is 0 Å². The van der Waals surface area contributed by atoms with Crippen LogP contribution in [0.2, 0.25) is 0 Å². The molecule has 0 amide bonds. The normalized spacial score (nSPS) is 11.6. The number of hydrogen-bond acceptors (Lipinski definition) is 6. The topological polar surface area (TPSA) is 109 Å². The first-order valence-electron chi connectivity index (χ1n) is 12.2. The summed E-state index contributed by atoms with van der Waals surface area (Å²) in [5.74, 6) is 0.161. The summed E-state index contributed by atoms with van der Waals surface area (Å²) in [5, 5.41) is 9.50. The van der Waals surface area contributed by atoms with Crippen LogP contribution in [0, 0.1) is 5.82 Å². The number of rotatable bonds is 7. The summed E-state index contributed by atoms with van der Waals surface area (Å²) < 4.78 is 20.4. The molecular formula is C29H26FN7O. The lowest BCUT2D eigenvalue weighted by Crippen LogP contribution is -2.19.